The SMILES string of the molecule is CC(Cc1ccc(F)cc1)C(=O)N1CCN(S(=O)(=O)c2ccccc2)CC1. The van der Waals surface area contributed by atoms with E-state index < -0.39 is 10.0 Å². The van der Waals surface area contributed by atoms with Gasteiger partial charge in [-0.15, -0.1) is 0 Å². The molecule has 0 aromatic heterocycles. The molecule has 1 aliphatic heterocycles. The van der Waals surface area contributed by atoms with Crippen molar-refractivity contribution in [1.29, 1.82) is 0 Å². The van der Waals surface area contributed by atoms with Crippen molar-refractivity contribution in [2.75, 3.05) is 26.2 Å². The fourth-order valence-corrected chi connectivity index (χ4v) is 4.71. The van der Waals surface area contributed by atoms with E-state index in [1.807, 2.05) is 6.92 Å². The van der Waals surface area contributed by atoms with Gasteiger partial charge in [-0.3, -0.25) is 4.79 Å². The third-order valence-electron chi connectivity index (χ3n) is 4.81. The molecule has 2 aromatic rings. The molecule has 1 aliphatic rings. The molecule has 2 aromatic carbocycles. The topological polar surface area (TPSA) is 57.7 Å². The molecule has 1 amide bonds. The highest BCUT2D eigenvalue weighted by Gasteiger charge is 2.31. The Morgan fingerprint density at radius 1 is 1.00 bits per heavy atom. The van der Waals surface area contributed by atoms with Crippen molar-refractivity contribution in [1.82, 2.24) is 9.21 Å². The van der Waals surface area contributed by atoms with Gasteiger partial charge in [-0.2, -0.15) is 4.31 Å². The Morgan fingerprint density at radius 3 is 2.19 bits per heavy atom. The Bertz CT molecular complexity index is 877. The molecule has 5 nitrogen and oxygen atoms in total. The van der Waals surface area contributed by atoms with E-state index in [2.05, 4.69) is 0 Å². The van der Waals surface area contributed by atoms with Crippen LogP contribution >= 0.6 is 0 Å². The van der Waals surface area contributed by atoms with Crippen molar-refractivity contribution < 1.29 is 17.6 Å². The summed E-state index contributed by atoms with van der Waals surface area (Å²) in [7, 11) is -3.52. The molecule has 0 aliphatic carbocycles. The first-order chi connectivity index (χ1) is 12.9. The van der Waals surface area contributed by atoms with E-state index in [0.29, 0.717) is 19.5 Å². The smallest absolute Gasteiger partial charge is 0.243 e. The van der Waals surface area contributed by atoms with Crippen molar-refractivity contribution in [2.24, 2.45) is 5.92 Å². The number of hydrogen-bond acceptors (Lipinski definition) is 3. The maximum atomic E-state index is 13.0. The molecule has 0 N–H and O–H groups in total. The quantitative estimate of drug-likeness (QED) is 0.788. The molecule has 0 saturated carbocycles. The van der Waals surface area contributed by atoms with Crippen molar-refractivity contribution >= 4 is 15.9 Å². The molecule has 1 atom stereocenters. The van der Waals surface area contributed by atoms with Crippen LogP contribution in [0.2, 0.25) is 0 Å². The van der Waals surface area contributed by atoms with Crippen LogP contribution in [0.1, 0.15) is 12.5 Å². The van der Waals surface area contributed by atoms with E-state index in [4.69, 9.17) is 0 Å². The Labute approximate surface area is 159 Å². The lowest BCUT2D eigenvalue weighted by molar-refractivity contribution is -0.136. The van der Waals surface area contributed by atoms with Gasteiger partial charge in [0.25, 0.3) is 0 Å². The lowest BCUT2D eigenvalue weighted by Gasteiger charge is -2.35. The lowest BCUT2D eigenvalue weighted by Crippen LogP contribution is -2.51. The number of benzene rings is 2. The summed E-state index contributed by atoms with van der Waals surface area (Å²) in [5, 5.41) is 0. The van der Waals surface area contributed by atoms with E-state index in [0.717, 1.165) is 5.56 Å². The third-order valence-corrected chi connectivity index (χ3v) is 6.72. The van der Waals surface area contributed by atoms with Gasteiger partial charge in [-0.25, -0.2) is 12.8 Å². The summed E-state index contributed by atoms with van der Waals surface area (Å²) in [6.07, 6.45) is 0.529. The molecule has 7 heteroatoms. The first-order valence-electron chi connectivity index (χ1n) is 8.96. The van der Waals surface area contributed by atoms with E-state index in [-0.39, 0.29) is 35.6 Å². The molecule has 0 bridgehead atoms. The molecule has 1 heterocycles. The average molecular weight is 390 g/mol. The summed E-state index contributed by atoms with van der Waals surface area (Å²) >= 11 is 0. The molecule has 1 saturated heterocycles. The van der Waals surface area contributed by atoms with Gasteiger partial charge in [0.05, 0.1) is 4.90 Å². The summed E-state index contributed by atoms with van der Waals surface area (Å²) in [5.74, 6) is -0.544. The molecule has 1 unspecified atom stereocenters. The Hall–Kier alpha value is -2.25. The first kappa shape index (κ1) is 19.5. The largest absolute Gasteiger partial charge is 0.340 e. The summed E-state index contributed by atoms with van der Waals surface area (Å²) in [4.78, 5) is 14.7. The highest BCUT2D eigenvalue weighted by atomic mass is 32.2. The van der Waals surface area contributed by atoms with E-state index >= 15 is 0 Å². The van der Waals surface area contributed by atoms with Crippen LogP contribution in [-0.2, 0) is 21.2 Å². The predicted octanol–water partition coefficient (Wildman–Crippen LogP) is 2.54. The van der Waals surface area contributed by atoms with Gasteiger partial charge in [0, 0.05) is 32.1 Å². The molecule has 1 fully saturated rings. The minimum absolute atomic E-state index is 0.00363. The monoisotopic (exact) mass is 390 g/mol. The zero-order chi connectivity index (χ0) is 19.4. The summed E-state index contributed by atoms with van der Waals surface area (Å²) in [5.41, 5.74) is 0.905. The van der Waals surface area contributed by atoms with Crippen LogP contribution in [0.5, 0.6) is 0 Å². The van der Waals surface area contributed by atoms with Crippen LogP contribution in [0.25, 0.3) is 0 Å². The number of rotatable bonds is 5. The maximum absolute atomic E-state index is 13.0. The van der Waals surface area contributed by atoms with E-state index in [9.17, 15) is 17.6 Å². The van der Waals surface area contributed by atoms with Crippen LogP contribution in [0, 0.1) is 11.7 Å². The molecule has 3 rings (SSSR count). The predicted molar refractivity (Wildman–Crippen MR) is 101 cm³/mol. The zero-order valence-electron chi connectivity index (χ0n) is 15.2. The molecule has 0 radical (unpaired) electrons. The average Bonchev–Trinajstić information content (AvgIpc) is 2.70. The minimum Gasteiger partial charge on any atom is -0.340 e. The summed E-state index contributed by atoms with van der Waals surface area (Å²) < 4.78 is 39.7. The Kier molecular flexibility index (Phi) is 5.92. The number of carbonyl (C=O) groups is 1. The van der Waals surface area contributed by atoms with Crippen LogP contribution in [0.3, 0.4) is 0 Å². The van der Waals surface area contributed by atoms with Crippen LogP contribution in [0.4, 0.5) is 4.39 Å². The van der Waals surface area contributed by atoms with Crippen LogP contribution in [0.15, 0.2) is 59.5 Å². The van der Waals surface area contributed by atoms with Gasteiger partial charge in [0.15, 0.2) is 0 Å². The Balaban J connectivity index is 1.58. The fourth-order valence-electron chi connectivity index (χ4n) is 3.26. The van der Waals surface area contributed by atoms with Gasteiger partial charge in [0.2, 0.25) is 15.9 Å². The molecule has 27 heavy (non-hydrogen) atoms. The van der Waals surface area contributed by atoms with Gasteiger partial charge in [-0.1, -0.05) is 37.3 Å². The van der Waals surface area contributed by atoms with Crippen molar-refractivity contribution in [3.63, 3.8) is 0 Å². The lowest BCUT2D eigenvalue weighted by atomic mass is 9.99. The van der Waals surface area contributed by atoms with Gasteiger partial charge < -0.3 is 4.90 Å². The van der Waals surface area contributed by atoms with Crippen molar-refractivity contribution in [3.05, 3.63) is 66.0 Å². The van der Waals surface area contributed by atoms with E-state index in [1.54, 1.807) is 47.4 Å². The second kappa shape index (κ2) is 8.19. The molecule has 144 valence electrons. The number of halogens is 1. The normalized spacial score (nSPS) is 16.9. The highest BCUT2D eigenvalue weighted by molar-refractivity contribution is 7.89. The van der Waals surface area contributed by atoms with Crippen LogP contribution < -0.4 is 0 Å². The Morgan fingerprint density at radius 2 is 1.59 bits per heavy atom. The zero-order valence-corrected chi connectivity index (χ0v) is 16.0. The summed E-state index contributed by atoms with van der Waals surface area (Å²) in [6.45, 7) is 3.16. The van der Waals surface area contributed by atoms with Crippen molar-refractivity contribution in [3.8, 4) is 0 Å². The van der Waals surface area contributed by atoms with Gasteiger partial charge in [-0.05, 0) is 36.2 Å². The minimum atomic E-state index is -3.52. The van der Waals surface area contributed by atoms with Gasteiger partial charge in [0.1, 0.15) is 5.82 Å². The molecular weight excluding hydrogens is 367 g/mol. The number of hydrogen-bond donors (Lipinski definition) is 0. The standard InChI is InChI=1S/C20H23FN2O3S/c1-16(15-17-7-9-18(21)10-8-17)20(24)22-11-13-23(14-12-22)27(25,26)19-5-3-2-4-6-19/h2-10,16H,11-15H2,1H3. The number of carbonyl (C=O) groups excluding carboxylic acids is 1. The third kappa shape index (κ3) is 4.54. The second-order valence-electron chi connectivity index (χ2n) is 6.77. The van der Waals surface area contributed by atoms with Crippen molar-refractivity contribution in [2.45, 2.75) is 18.2 Å². The van der Waals surface area contributed by atoms with Crippen LogP contribution in [-0.4, -0.2) is 49.7 Å². The molecule has 0 spiro atoms. The number of sulfonamides is 1. The maximum Gasteiger partial charge on any atom is 0.243 e. The second-order valence-corrected chi connectivity index (χ2v) is 8.71. The fraction of sp³-hybridized carbons (Fsp3) is 0.350. The highest BCUT2D eigenvalue weighted by Crippen LogP contribution is 2.19. The van der Waals surface area contributed by atoms with E-state index in [1.165, 1.54) is 16.4 Å². The number of amides is 1. The van der Waals surface area contributed by atoms with Gasteiger partial charge >= 0.3 is 0 Å². The number of nitrogens with zero attached hydrogens (tertiary/aromatic N) is 2. The summed E-state index contributed by atoms with van der Waals surface area (Å²) in [6, 6.07) is 14.5. The number of piperazine rings is 1. The first-order valence-corrected chi connectivity index (χ1v) is 10.4. The molecular formula is C20H23FN2O3S.